The Morgan fingerprint density at radius 1 is 1.00 bits per heavy atom. The Morgan fingerprint density at radius 2 is 1.83 bits per heavy atom. The van der Waals surface area contributed by atoms with Gasteiger partial charge in [-0.05, 0) is 35.6 Å². The van der Waals surface area contributed by atoms with Gasteiger partial charge in [0.25, 0.3) is 0 Å². The summed E-state index contributed by atoms with van der Waals surface area (Å²) in [6.07, 6.45) is 1.42. The van der Waals surface area contributed by atoms with Gasteiger partial charge in [-0.2, -0.15) is 0 Å². The van der Waals surface area contributed by atoms with Crippen LogP contribution in [0.5, 0.6) is 11.5 Å². The number of hydrogen-bond acceptors (Lipinski definition) is 3. The van der Waals surface area contributed by atoms with E-state index < -0.39 is 0 Å². The summed E-state index contributed by atoms with van der Waals surface area (Å²) in [7, 11) is 3.27. The van der Waals surface area contributed by atoms with Crippen LogP contribution in [-0.4, -0.2) is 20.0 Å². The number of rotatable bonds is 2. The van der Waals surface area contributed by atoms with Gasteiger partial charge in [0.05, 0.1) is 14.2 Å². The first-order valence-electron chi connectivity index (χ1n) is 5.95. The first kappa shape index (κ1) is 11.1. The van der Waals surface area contributed by atoms with E-state index in [0.717, 1.165) is 39.8 Å². The van der Waals surface area contributed by atoms with Crippen molar-refractivity contribution in [2.75, 3.05) is 14.2 Å². The number of ketones is 1. The molecule has 1 aliphatic rings. The summed E-state index contributed by atoms with van der Waals surface area (Å²) in [4.78, 5) is 11.8. The number of hydrogen-bond donors (Lipinski definition) is 0. The van der Waals surface area contributed by atoms with E-state index in [1.54, 1.807) is 14.2 Å². The van der Waals surface area contributed by atoms with Gasteiger partial charge >= 0.3 is 0 Å². The van der Waals surface area contributed by atoms with Crippen LogP contribution in [0.25, 0.3) is 10.8 Å². The highest BCUT2D eigenvalue weighted by Gasteiger charge is 2.23. The summed E-state index contributed by atoms with van der Waals surface area (Å²) in [5.41, 5.74) is 1.95. The van der Waals surface area contributed by atoms with E-state index in [9.17, 15) is 4.79 Å². The van der Waals surface area contributed by atoms with Gasteiger partial charge in [0.15, 0.2) is 5.78 Å². The smallest absolute Gasteiger partial charge is 0.163 e. The second-order valence-electron chi connectivity index (χ2n) is 4.44. The van der Waals surface area contributed by atoms with Gasteiger partial charge in [0, 0.05) is 17.4 Å². The lowest BCUT2D eigenvalue weighted by molar-refractivity contribution is 0.0994. The highest BCUT2D eigenvalue weighted by Crippen LogP contribution is 2.37. The molecular formula is C15H14O3. The van der Waals surface area contributed by atoms with E-state index in [4.69, 9.17) is 9.47 Å². The van der Waals surface area contributed by atoms with Gasteiger partial charge < -0.3 is 9.47 Å². The zero-order valence-electron chi connectivity index (χ0n) is 10.4. The minimum atomic E-state index is 0.209. The van der Waals surface area contributed by atoms with Gasteiger partial charge in [-0.3, -0.25) is 4.79 Å². The molecule has 0 fully saturated rings. The first-order chi connectivity index (χ1) is 8.74. The molecule has 0 atom stereocenters. The molecule has 0 unspecified atom stereocenters. The van der Waals surface area contributed by atoms with Crippen molar-refractivity contribution >= 4 is 16.6 Å². The Labute approximate surface area is 105 Å². The van der Waals surface area contributed by atoms with Gasteiger partial charge in [0.1, 0.15) is 11.5 Å². The zero-order valence-corrected chi connectivity index (χ0v) is 10.4. The van der Waals surface area contributed by atoms with Crippen molar-refractivity contribution in [3.8, 4) is 11.5 Å². The molecule has 1 aliphatic carbocycles. The molecule has 0 heterocycles. The van der Waals surface area contributed by atoms with Crippen LogP contribution in [0, 0.1) is 0 Å². The predicted octanol–water partition coefficient (Wildman–Crippen LogP) is 2.99. The molecule has 3 rings (SSSR count). The lowest BCUT2D eigenvalue weighted by Gasteiger charge is -2.11. The topological polar surface area (TPSA) is 35.5 Å². The average Bonchev–Trinajstić information content (AvgIpc) is 2.78. The number of Topliss-reactive ketones (excluding diaryl/α,β-unsaturated/α-hetero) is 1. The molecule has 3 heteroatoms. The molecule has 0 N–H and O–H groups in total. The van der Waals surface area contributed by atoms with Gasteiger partial charge in [-0.1, -0.05) is 6.07 Å². The number of aryl methyl sites for hydroxylation is 1. The normalized spacial score (nSPS) is 13.8. The summed E-state index contributed by atoms with van der Waals surface area (Å²) in [6.45, 7) is 0. The molecule has 0 aromatic heterocycles. The Morgan fingerprint density at radius 3 is 2.56 bits per heavy atom. The Bertz CT molecular complexity index is 644. The largest absolute Gasteiger partial charge is 0.497 e. The van der Waals surface area contributed by atoms with Gasteiger partial charge in [-0.25, -0.2) is 0 Å². The van der Waals surface area contributed by atoms with E-state index in [-0.39, 0.29) is 5.78 Å². The molecule has 0 amide bonds. The van der Waals surface area contributed by atoms with Crippen molar-refractivity contribution in [2.45, 2.75) is 12.8 Å². The number of benzene rings is 2. The molecule has 2 aromatic rings. The standard InChI is InChI=1S/C15H14O3/c1-17-9-3-4-11-10-5-6-14(16)12(10)8-15(18-2)13(11)7-9/h3-4,7-8H,5-6H2,1-2H3. The van der Waals surface area contributed by atoms with Crippen molar-refractivity contribution in [1.29, 1.82) is 0 Å². The fraction of sp³-hybridized carbons (Fsp3) is 0.267. The van der Waals surface area contributed by atoms with Crippen LogP contribution in [-0.2, 0) is 6.42 Å². The van der Waals surface area contributed by atoms with Crippen LogP contribution in [0.3, 0.4) is 0 Å². The maximum Gasteiger partial charge on any atom is 0.163 e. The van der Waals surface area contributed by atoms with Crippen LogP contribution in [0.15, 0.2) is 24.3 Å². The SMILES string of the molecule is COc1ccc2c3c(cc(OC)c2c1)C(=O)CC3. The number of ether oxygens (including phenoxy) is 2. The van der Waals surface area contributed by atoms with Crippen LogP contribution < -0.4 is 9.47 Å². The molecule has 92 valence electrons. The molecule has 0 spiro atoms. The molecule has 0 saturated carbocycles. The van der Waals surface area contributed by atoms with E-state index in [1.807, 2.05) is 24.3 Å². The van der Waals surface area contributed by atoms with E-state index in [2.05, 4.69) is 0 Å². The third-order valence-corrected chi connectivity index (χ3v) is 3.54. The predicted molar refractivity (Wildman–Crippen MR) is 69.7 cm³/mol. The van der Waals surface area contributed by atoms with Crippen molar-refractivity contribution in [2.24, 2.45) is 0 Å². The van der Waals surface area contributed by atoms with Crippen LogP contribution in [0.4, 0.5) is 0 Å². The zero-order chi connectivity index (χ0) is 12.7. The lowest BCUT2D eigenvalue weighted by atomic mass is 9.99. The summed E-state index contributed by atoms with van der Waals surface area (Å²) < 4.78 is 10.6. The van der Waals surface area contributed by atoms with Crippen molar-refractivity contribution < 1.29 is 14.3 Å². The summed E-state index contributed by atoms with van der Waals surface area (Å²) in [5, 5.41) is 2.10. The minimum Gasteiger partial charge on any atom is -0.497 e. The third-order valence-electron chi connectivity index (χ3n) is 3.54. The molecule has 2 aromatic carbocycles. The average molecular weight is 242 g/mol. The fourth-order valence-corrected chi connectivity index (χ4v) is 2.62. The summed E-state index contributed by atoms with van der Waals surface area (Å²) >= 11 is 0. The molecule has 0 radical (unpaired) electrons. The maximum atomic E-state index is 11.8. The Hall–Kier alpha value is -2.03. The molecule has 18 heavy (non-hydrogen) atoms. The highest BCUT2D eigenvalue weighted by molar-refractivity contribution is 6.07. The first-order valence-corrected chi connectivity index (χ1v) is 5.95. The number of methoxy groups -OCH3 is 2. The molecule has 3 nitrogen and oxygen atoms in total. The molecule has 0 bridgehead atoms. The lowest BCUT2D eigenvalue weighted by Crippen LogP contribution is -1.95. The maximum absolute atomic E-state index is 11.8. The van der Waals surface area contributed by atoms with Crippen molar-refractivity contribution in [1.82, 2.24) is 0 Å². The van der Waals surface area contributed by atoms with E-state index >= 15 is 0 Å². The Kier molecular flexibility index (Phi) is 2.47. The second-order valence-corrected chi connectivity index (χ2v) is 4.44. The van der Waals surface area contributed by atoms with E-state index in [1.165, 1.54) is 0 Å². The second kappa shape index (κ2) is 4.02. The minimum absolute atomic E-state index is 0.209. The molecule has 0 saturated heterocycles. The van der Waals surface area contributed by atoms with Crippen LogP contribution in [0.1, 0.15) is 22.3 Å². The third kappa shape index (κ3) is 1.47. The summed E-state index contributed by atoms with van der Waals surface area (Å²) in [5.74, 6) is 1.74. The number of carbonyl (C=O) groups excluding carboxylic acids is 1. The Balaban J connectivity index is 2.37. The number of carbonyl (C=O) groups is 1. The molecule has 0 aliphatic heterocycles. The van der Waals surface area contributed by atoms with E-state index in [0.29, 0.717) is 6.42 Å². The molecular weight excluding hydrogens is 228 g/mol. The number of fused-ring (bicyclic) bond motifs is 3. The van der Waals surface area contributed by atoms with Crippen molar-refractivity contribution in [3.05, 3.63) is 35.4 Å². The summed E-state index contributed by atoms with van der Waals surface area (Å²) in [6, 6.07) is 7.74. The highest BCUT2D eigenvalue weighted by atomic mass is 16.5. The van der Waals surface area contributed by atoms with Gasteiger partial charge in [-0.15, -0.1) is 0 Å². The van der Waals surface area contributed by atoms with Crippen LogP contribution in [0.2, 0.25) is 0 Å². The van der Waals surface area contributed by atoms with Crippen molar-refractivity contribution in [3.63, 3.8) is 0 Å². The quantitative estimate of drug-likeness (QED) is 0.812. The van der Waals surface area contributed by atoms with Gasteiger partial charge in [0.2, 0.25) is 0 Å². The fourth-order valence-electron chi connectivity index (χ4n) is 2.62. The van der Waals surface area contributed by atoms with Crippen LogP contribution >= 0.6 is 0 Å². The monoisotopic (exact) mass is 242 g/mol.